The molecule has 1 heterocycles. The molecule has 1 saturated heterocycles. The van der Waals surface area contributed by atoms with Crippen LogP contribution >= 0.6 is 0 Å². The molecule has 1 saturated carbocycles. The summed E-state index contributed by atoms with van der Waals surface area (Å²) >= 11 is 0. The number of methoxy groups -OCH3 is 2. The van der Waals surface area contributed by atoms with E-state index in [-0.39, 0.29) is 18.7 Å². The van der Waals surface area contributed by atoms with Crippen molar-refractivity contribution in [2.24, 2.45) is 0 Å². The van der Waals surface area contributed by atoms with Crippen LogP contribution in [0.5, 0.6) is 5.75 Å². The van der Waals surface area contributed by atoms with E-state index in [1.165, 1.54) is 0 Å². The summed E-state index contributed by atoms with van der Waals surface area (Å²) in [6, 6.07) is 7.27. The Morgan fingerprint density at radius 1 is 1.20 bits per heavy atom. The molecule has 2 aliphatic rings. The van der Waals surface area contributed by atoms with E-state index in [2.05, 4.69) is 0 Å². The van der Waals surface area contributed by atoms with Crippen molar-refractivity contribution in [3.05, 3.63) is 29.8 Å². The number of carboxylic acid groups (broad SMARTS) is 1. The van der Waals surface area contributed by atoms with Gasteiger partial charge in [0, 0.05) is 32.2 Å². The minimum Gasteiger partial charge on any atom is -0.497 e. The Morgan fingerprint density at radius 2 is 1.84 bits per heavy atom. The lowest BCUT2D eigenvalue weighted by Gasteiger charge is -2.34. The molecule has 0 bridgehead atoms. The van der Waals surface area contributed by atoms with Crippen LogP contribution in [0.3, 0.4) is 0 Å². The van der Waals surface area contributed by atoms with E-state index in [1.54, 1.807) is 38.5 Å². The number of nitrogens with zero attached hydrogens (tertiary/aromatic N) is 1. The molecular formula is C19H26FNO4. The first-order valence-electron chi connectivity index (χ1n) is 8.81. The first-order chi connectivity index (χ1) is 12.0. The van der Waals surface area contributed by atoms with Crippen LogP contribution in [0.2, 0.25) is 0 Å². The van der Waals surface area contributed by atoms with Gasteiger partial charge in [0.1, 0.15) is 5.75 Å². The van der Waals surface area contributed by atoms with E-state index >= 15 is 4.39 Å². The van der Waals surface area contributed by atoms with Gasteiger partial charge in [0.05, 0.1) is 13.2 Å². The second kappa shape index (κ2) is 7.30. The number of likely N-dealkylation sites (tertiary alicyclic amines) is 1. The van der Waals surface area contributed by atoms with Crippen LogP contribution in [0, 0.1) is 0 Å². The molecule has 2 fully saturated rings. The van der Waals surface area contributed by atoms with Gasteiger partial charge in [-0.25, -0.2) is 9.18 Å². The van der Waals surface area contributed by atoms with Crippen molar-refractivity contribution in [2.75, 3.05) is 27.3 Å². The van der Waals surface area contributed by atoms with Crippen molar-refractivity contribution in [2.45, 2.75) is 49.4 Å². The first kappa shape index (κ1) is 18.1. The molecule has 1 N–H and O–H groups in total. The average molecular weight is 351 g/mol. The van der Waals surface area contributed by atoms with E-state index in [0.29, 0.717) is 17.9 Å². The van der Waals surface area contributed by atoms with Gasteiger partial charge < -0.3 is 14.6 Å². The summed E-state index contributed by atoms with van der Waals surface area (Å²) in [5, 5.41) is 9.55. The number of carbonyl (C=O) groups is 1. The van der Waals surface area contributed by atoms with Gasteiger partial charge in [-0.2, -0.15) is 0 Å². The van der Waals surface area contributed by atoms with Crippen molar-refractivity contribution < 1.29 is 23.8 Å². The molecule has 5 nitrogen and oxygen atoms in total. The van der Waals surface area contributed by atoms with Gasteiger partial charge >= 0.3 is 5.97 Å². The van der Waals surface area contributed by atoms with E-state index in [1.807, 2.05) is 4.90 Å². The maximum absolute atomic E-state index is 15.4. The number of benzene rings is 1. The summed E-state index contributed by atoms with van der Waals surface area (Å²) in [6.45, 7) is 0.374. The molecule has 0 unspecified atom stereocenters. The molecule has 1 aliphatic carbocycles. The number of hydrogen-bond acceptors (Lipinski definition) is 4. The zero-order valence-electron chi connectivity index (χ0n) is 14.8. The zero-order chi connectivity index (χ0) is 18.0. The highest BCUT2D eigenvalue weighted by Gasteiger charge is 2.55. The smallest absolute Gasteiger partial charge is 0.343 e. The Balaban J connectivity index is 1.78. The van der Waals surface area contributed by atoms with Crippen LogP contribution in [0.4, 0.5) is 4.39 Å². The van der Waals surface area contributed by atoms with Crippen LogP contribution in [0.25, 0.3) is 0 Å². The van der Waals surface area contributed by atoms with Gasteiger partial charge in [-0.1, -0.05) is 12.1 Å². The van der Waals surface area contributed by atoms with Crippen molar-refractivity contribution in [3.63, 3.8) is 0 Å². The minimum absolute atomic E-state index is 0.0542. The highest BCUT2D eigenvalue weighted by Crippen LogP contribution is 2.42. The van der Waals surface area contributed by atoms with Crippen molar-refractivity contribution >= 4 is 5.97 Å². The number of ether oxygens (including phenoxy) is 2. The van der Waals surface area contributed by atoms with E-state index in [0.717, 1.165) is 25.7 Å². The van der Waals surface area contributed by atoms with Crippen LogP contribution in [-0.2, 0) is 9.53 Å². The molecule has 6 heteroatoms. The van der Waals surface area contributed by atoms with Gasteiger partial charge in [-0.05, 0) is 43.4 Å². The summed E-state index contributed by atoms with van der Waals surface area (Å²) in [5.74, 6) is -1.37. The van der Waals surface area contributed by atoms with Crippen molar-refractivity contribution in [1.29, 1.82) is 0 Å². The Bertz CT molecular complexity index is 600. The lowest BCUT2D eigenvalue weighted by atomic mass is 9.86. The van der Waals surface area contributed by atoms with Crippen LogP contribution in [0.1, 0.15) is 37.2 Å². The second-order valence-electron chi connectivity index (χ2n) is 7.09. The maximum Gasteiger partial charge on any atom is 0.343 e. The molecule has 1 aromatic rings. The minimum atomic E-state index is -2.26. The summed E-state index contributed by atoms with van der Waals surface area (Å²) in [4.78, 5) is 13.7. The number of alkyl halides is 1. The van der Waals surface area contributed by atoms with Crippen LogP contribution in [-0.4, -0.2) is 61.1 Å². The maximum atomic E-state index is 15.4. The van der Waals surface area contributed by atoms with Gasteiger partial charge in [-0.3, -0.25) is 4.90 Å². The fourth-order valence-corrected chi connectivity index (χ4v) is 4.20. The summed E-state index contributed by atoms with van der Waals surface area (Å²) in [6.07, 6.45) is 3.99. The third-order valence-electron chi connectivity index (χ3n) is 5.77. The predicted octanol–water partition coefficient (Wildman–Crippen LogP) is 2.84. The monoisotopic (exact) mass is 351 g/mol. The van der Waals surface area contributed by atoms with Gasteiger partial charge in [0.25, 0.3) is 0 Å². The molecule has 1 aromatic carbocycles. The topological polar surface area (TPSA) is 59.0 Å². The Kier molecular flexibility index (Phi) is 5.29. The molecule has 0 radical (unpaired) electrons. The zero-order valence-corrected chi connectivity index (χ0v) is 14.8. The first-order valence-corrected chi connectivity index (χ1v) is 8.81. The fourth-order valence-electron chi connectivity index (χ4n) is 4.20. The van der Waals surface area contributed by atoms with Crippen LogP contribution < -0.4 is 4.74 Å². The average Bonchev–Trinajstić information content (AvgIpc) is 3.01. The second-order valence-corrected chi connectivity index (χ2v) is 7.09. The number of hydrogen-bond donors (Lipinski definition) is 1. The molecule has 25 heavy (non-hydrogen) atoms. The number of carboxylic acids is 1. The lowest BCUT2D eigenvalue weighted by molar-refractivity contribution is -0.151. The highest BCUT2D eigenvalue weighted by atomic mass is 19.1. The molecule has 138 valence electrons. The molecule has 0 aromatic heterocycles. The van der Waals surface area contributed by atoms with Crippen LogP contribution in [0.15, 0.2) is 24.3 Å². The Hall–Kier alpha value is -1.66. The largest absolute Gasteiger partial charge is 0.497 e. The summed E-state index contributed by atoms with van der Waals surface area (Å²) in [7, 11) is 3.29. The molecule has 0 spiro atoms. The highest BCUT2D eigenvalue weighted by molar-refractivity contribution is 5.80. The van der Waals surface area contributed by atoms with Gasteiger partial charge in [0.2, 0.25) is 5.67 Å². The number of rotatable bonds is 5. The van der Waals surface area contributed by atoms with E-state index < -0.39 is 17.6 Å². The summed E-state index contributed by atoms with van der Waals surface area (Å²) in [5.41, 5.74) is -1.55. The van der Waals surface area contributed by atoms with Crippen molar-refractivity contribution in [3.8, 4) is 5.75 Å². The summed E-state index contributed by atoms with van der Waals surface area (Å²) < 4.78 is 25.9. The lowest BCUT2D eigenvalue weighted by Crippen LogP contribution is -2.43. The Morgan fingerprint density at radius 3 is 2.36 bits per heavy atom. The molecule has 0 amide bonds. The quantitative estimate of drug-likeness (QED) is 0.884. The standard InChI is InChI=1S/C19H26FNO4/c1-24-15-7-3-13(4-8-15)17-11-21(12-19(17,20)18(22)23)14-5-9-16(25-2)10-6-14/h3-4,7-8,14,16-17H,5-6,9-12H2,1-2H3,(H,22,23)/t14?,16?,17-,19-/m0/s1. The van der Waals surface area contributed by atoms with Crippen molar-refractivity contribution in [1.82, 2.24) is 4.90 Å². The molecule has 1 aliphatic heterocycles. The third kappa shape index (κ3) is 3.51. The van der Waals surface area contributed by atoms with E-state index in [9.17, 15) is 9.90 Å². The third-order valence-corrected chi connectivity index (χ3v) is 5.77. The van der Waals surface area contributed by atoms with E-state index in [4.69, 9.17) is 9.47 Å². The normalized spacial score (nSPS) is 33.3. The number of halogens is 1. The molecular weight excluding hydrogens is 325 g/mol. The molecule has 2 atom stereocenters. The van der Waals surface area contributed by atoms with Gasteiger partial charge in [0.15, 0.2) is 0 Å². The van der Waals surface area contributed by atoms with Gasteiger partial charge in [-0.15, -0.1) is 0 Å². The fraction of sp³-hybridized carbons (Fsp3) is 0.632. The predicted molar refractivity (Wildman–Crippen MR) is 91.8 cm³/mol. The Labute approximate surface area is 147 Å². The SMILES string of the molecule is COc1ccc([C@@H]2CN(C3CCC(OC)CC3)C[C@@]2(F)C(=O)O)cc1. The molecule has 3 rings (SSSR count). The number of aliphatic carboxylic acids is 1.